The Morgan fingerprint density at radius 3 is 2.71 bits per heavy atom. The highest BCUT2D eigenvalue weighted by atomic mass is 16.1. The lowest BCUT2D eigenvalue weighted by molar-refractivity contribution is 0.102. The quantitative estimate of drug-likeness (QED) is 0.803. The fourth-order valence-electron chi connectivity index (χ4n) is 1.22. The van der Waals surface area contributed by atoms with E-state index in [9.17, 15) is 4.79 Å². The number of aromatic nitrogens is 3. The second kappa shape index (κ2) is 5.13. The van der Waals surface area contributed by atoms with Gasteiger partial charge < -0.3 is 11.1 Å². The standard InChI is InChI=1S/C11H11N5O/c12-5-8-1-2-9(15-6-8)11(17)16-10-7-13-3-4-14-10/h1-4,6-7H,5,12H2,(H,14,16,17). The van der Waals surface area contributed by atoms with Crippen molar-refractivity contribution in [1.29, 1.82) is 0 Å². The first kappa shape index (κ1) is 11.2. The van der Waals surface area contributed by atoms with Crippen molar-refractivity contribution in [3.8, 4) is 0 Å². The minimum Gasteiger partial charge on any atom is -0.326 e. The highest BCUT2D eigenvalue weighted by Gasteiger charge is 2.07. The van der Waals surface area contributed by atoms with Crippen molar-refractivity contribution in [3.05, 3.63) is 48.2 Å². The van der Waals surface area contributed by atoms with Crippen LogP contribution in [0.3, 0.4) is 0 Å². The van der Waals surface area contributed by atoms with Gasteiger partial charge in [0.05, 0.1) is 6.20 Å². The van der Waals surface area contributed by atoms with E-state index in [0.29, 0.717) is 18.1 Å². The predicted molar refractivity (Wildman–Crippen MR) is 62.1 cm³/mol. The molecule has 2 aromatic rings. The molecule has 2 aromatic heterocycles. The second-order valence-electron chi connectivity index (χ2n) is 3.30. The van der Waals surface area contributed by atoms with Gasteiger partial charge in [0.2, 0.25) is 0 Å². The number of pyridine rings is 1. The number of hydrogen-bond donors (Lipinski definition) is 2. The van der Waals surface area contributed by atoms with E-state index in [1.807, 2.05) is 0 Å². The third-order valence-electron chi connectivity index (χ3n) is 2.10. The third-order valence-corrected chi connectivity index (χ3v) is 2.10. The number of nitrogens with one attached hydrogen (secondary N) is 1. The van der Waals surface area contributed by atoms with Gasteiger partial charge in [0.25, 0.3) is 5.91 Å². The van der Waals surface area contributed by atoms with Crippen LogP contribution in [0.4, 0.5) is 5.82 Å². The van der Waals surface area contributed by atoms with Crippen LogP contribution in [0.15, 0.2) is 36.9 Å². The number of anilines is 1. The molecule has 0 saturated heterocycles. The molecule has 0 fully saturated rings. The Hall–Kier alpha value is -2.34. The zero-order chi connectivity index (χ0) is 12.1. The smallest absolute Gasteiger partial charge is 0.275 e. The van der Waals surface area contributed by atoms with Crippen molar-refractivity contribution >= 4 is 11.7 Å². The van der Waals surface area contributed by atoms with E-state index in [1.165, 1.54) is 18.6 Å². The zero-order valence-electron chi connectivity index (χ0n) is 9.00. The Morgan fingerprint density at radius 2 is 2.12 bits per heavy atom. The maximum atomic E-state index is 11.7. The van der Waals surface area contributed by atoms with E-state index in [0.717, 1.165) is 5.56 Å². The summed E-state index contributed by atoms with van der Waals surface area (Å²) >= 11 is 0. The van der Waals surface area contributed by atoms with E-state index in [2.05, 4.69) is 20.3 Å². The average molecular weight is 229 g/mol. The lowest BCUT2D eigenvalue weighted by atomic mass is 10.2. The maximum Gasteiger partial charge on any atom is 0.275 e. The van der Waals surface area contributed by atoms with Gasteiger partial charge >= 0.3 is 0 Å². The van der Waals surface area contributed by atoms with Gasteiger partial charge in [-0.2, -0.15) is 0 Å². The normalized spacial score (nSPS) is 9.94. The summed E-state index contributed by atoms with van der Waals surface area (Å²) < 4.78 is 0. The topological polar surface area (TPSA) is 93.8 Å². The van der Waals surface area contributed by atoms with Gasteiger partial charge in [-0.15, -0.1) is 0 Å². The van der Waals surface area contributed by atoms with E-state index in [4.69, 9.17) is 5.73 Å². The first-order chi connectivity index (χ1) is 8.29. The summed E-state index contributed by atoms with van der Waals surface area (Å²) in [5.41, 5.74) is 6.63. The van der Waals surface area contributed by atoms with Gasteiger partial charge in [-0.25, -0.2) is 4.98 Å². The molecule has 0 saturated carbocycles. The summed E-state index contributed by atoms with van der Waals surface area (Å²) in [4.78, 5) is 23.5. The molecule has 0 spiro atoms. The molecule has 0 radical (unpaired) electrons. The van der Waals surface area contributed by atoms with Gasteiger partial charge in [-0.05, 0) is 11.6 Å². The van der Waals surface area contributed by atoms with Crippen LogP contribution >= 0.6 is 0 Å². The molecule has 2 rings (SSSR count). The molecular weight excluding hydrogens is 218 g/mol. The van der Waals surface area contributed by atoms with Crippen LogP contribution in [-0.4, -0.2) is 20.9 Å². The lowest BCUT2D eigenvalue weighted by Gasteiger charge is -2.03. The Balaban J connectivity index is 2.09. The van der Waals surface area contributed by atoms with Crippen LogP contribution in [0, 0.1) is 0 Å². The number of carbonyl (C=O) groups is 1. The van der Waals surface area contributed by atoms with Crippen molar-refractivity contribution in [1.82, 2.24) is 15.0 Å². The number of nitrogens with zero attached hydrogens (tertiary/aromatic N) is 3. The van der Waals surface area contributed by atoms with E-state index >= 15 is 0 Å². The summed E-state index contributed by atoms with van der Waals surface area (Å²) in [7, 11) is 0. The number of hydrogen-bond acceptors (Lipinski definition) is 5. The summed E-state index contributed by atoms with van der Waals surface area (Å²) in [5, 5.41) is 2.59. The van der Waals surface area contributed by atoms with Gasteiger partial charge in [0.15, 0.2) is 5.82 Å². The van der Waals surface area contributed by atoms with Crippen molar-refractivity contribution in [2.24, 2.45) is 5.73 Å². The number of rotatable bonds is 3. The molecule has 0 aliphatic heterocycles. The molecule has 6 heteroatoms. The van der Waals surface area contributed by atoms with Crippen LogP contribution in [0.2, 0.25) is 0 Å². The molecule has 1 amide bonds. The molecule has 86 valence electrons. The van der Waals surface area contributed by atoms with Crippen LogP contribution in [0.1, 0.15) is 16.1 Å². The molecule has 0 bridgehead atoms. The van der Waals surface area contributed by atoms with Crippen molar-refractivity contribution in [2.75, 3.05) is 5.32 Å². The minimum atomic E-state index is -0.325. The molecule has 0 atom stereocenters. The summed E-state index contributed by atoms with van der Waals surface area (Å²) in [6, 6.07) is 3.38. The summed E-state index contributed by atoms with van der Waals surface area (Å²) in [5.74, 6) is 0.0660. The Labute approximate surface area is 97.9 Å². The largest absolute Gasteiger partial charge is 0.326 e. The Kier molecular flexibility index (Phi) is 3.37. The van der Waals surface area contributed by atoms with Gasteiger partial charge in [-0.1, -0.05) is 6.07 Å². The molecule has 0 aliphatic carbocycles. The SMILES string of the molecule is NCc1ccc(C(=O)Nc2cnccn2)nc1. The first-order valence-electron chi connectivity index (χ1n) is 5.02. The molecule has 0 aliphatic rings. The van der Waals surface area contributed by atoms with E-state index < -0.39 is 0 Å². The summed E-state index contributed by atoms with van der Waals surface area (Å²) in [6.45, 7) is 0.402. The molecule has 3 N–H and O–H groups in total. The maximum absolute atomic E-state index is 11.7. The Morgan fingerprint density at radius 1 is 1.24 bits per heavy atom. The number of carbonyl (C=O) groups excluding carboxylic acids is 1. The average Bonchev–Trinajstić information content (AvgIpc) is 2.40. The highest BCUT2D eigenvalue weighted by molar-refractivity contribution is 6.02. The van der Waals surface area contributed by atoms with Crippen molar-refractivity contribution < 1.29 is 4.79 Å². The number of nitrogens with two attached hydrogens (primary N) is 1. The molecule has 17 heavy (non-hydrogen) atoms. The van der Waals surface area contributed by atoms with E-state index in [1.54, 1.807) is 18.3 Å². The van der Waals surface area contributed by atoms with Crippen LogP contribution < -0.4 is 11.1 Å². The second-order valence-corrected chi connectivity index (χ2v) is 3.30. The third kappa shape index (κ3) is 2.82. The lowest BCUT2D eigenvalue weighted by Crippen LogP contribution is -2.14. The molecule has 0 aromatic carbocycles. The van der Waals surface area contributed by atoms with Gasteiger partial charge in [0, 0.05) is 25.1 Å². The number of amides is 1. The summed E-state index contributed by atoms with van der Waals surface area (Å²) in [6.07, 6.45) is 6.07. The van der Waals surface area contributed by atoms with Crippen LogP contribution in [0.5, 0.6) is 0 Å². The molecular formula is C11H11N5O. The Bertz CT molecular complexity index is 497. The van der Waals surface area contributed by atoms with Crippen LogP contribution in [0.25, 0.3) is 0 Å². The minimum absolute atomic E-state index is 0.313. The molecule has 2 heterocycles. The fourth-order valence-corrected chi connectivity index (χ4v) is 1.22. The van der Waals surface area contributed by atoms with Crippen molar-refractivity contribution in [3.63, 3.8) is 0 Å². The fraction of sp³-hybridized carbons (Fsp3) is 0.0909. The predicted octanol–water partition coefficient (Wildman–Crippen LogP) is 0.583. The van der Waals surface area contributed by atoms with Gasteiger partial charge in [0.1, 0.15) is 5.69 Å². The van der Waals surface area contributed by atoms with E-state index in [-0.39, 0.29) is 5.91 Å². The van der Waals surface area contributed by atoms with Crippen molar-refractivity contribution in [2.45, 2.75) is 6.54 Å². The monoisotopic (exact) mass is 229 g/mol. The zero-order valence-corrected chi connectivity index (χ0v) is 9.00. The molecule has 6 nitrogen and oxygen atoms in total. The molecule has 0 unspecified atom stereocenters. The van der Waals surface area contributed by atoms with Crippen LogP contribution in [-0.2, 0) is 6.54 Å². The first-order valence-corrected chi connectivity index (χ1v) is 5.02. The highest BCUT2D eigenvalue weighted by Crippen LogP contribution is 2.03. The van der Waals surface area contributed by atoms with Gasteiger partial charge in [-0.3, -0.25) is 14.8 Å².